The molecule has 0 spiro atoms. The van der Waals surface area contributed by atoms with E-state index >= 15 is 0 Å². The molecule has 3 aromatic rings. The zero-order valence-corrected chi connectivity index (χ0v) is 15.6. The van der Waals surface area contributed by atoms with Crippen molar-refractivity contribution in [3.05, 3.63) is 58.9 Å². The molecule has 0 saturated carbocycles. The zero-order chi connectivity index (χ0) is 19.1. The molecule has 0 bridgehead atoms. The van der Waals surface area contributed by atoms with Crippen LogP contribution in [0.5, 0.6) is 11.5 Å². The van der Waals surface area contributed by atoms with Crippen molar-refractivity contribution in [1.82, 2.24) is 15.0 Å². The minimum Gasteiger partial charge on any atom is -0.454 e. The molecule has 1 amide bonds. The molecule has 2 aromatic carbocycles. The van der Waals surface area contributed by atoms with Gasteiger partial charge in [0.2, 0.25) is 24.4 Å². The van der Waals surface area contributed by atoms with Crippen molar-refractivity contribution in [3.8, 4) is 22.9 Å². The molecule has 3 heterocycles. The second kappa shape index (κ2) is 6.83. The minimum absolute atomic E-state index is 0.0628. The number of hydrogen-bond acceptors (Lipinski definition) is 6. The van der Waals surface area contributed by atoms with Gasteiger partial charge in [0, 0.05) is 30.1 Å². The lowest BCUT2D eigenvalue weighted by atomic mass is 10.1. The molecule has 2 aliphatic heterocycles. The Morgan fingerprint density at radius 3 is 2.93 bits per heavy atom. The van der Waals surface area contributed by atoms with Crippen molar-refractivity contribution in [2.45, 2.75) is 18.9 Å². The standard InChI is InChI=1S/C20H16ClN3O4/c21-15-3-1-2-12(6-15)9-24-10-14(8-18(24)25)20-22-19(23-28-20)13-4-5-16-17(7-13)27-11-26-16/h1-7,14H,8-11H2. The Labute approximate surface area is 165 Å². The van der Waals surface area contributed by atoms with Crippen LogP contribution in [0, 0.1) is 0 Å². The van der Waals surface area contributed by atoms with Crippen LogP contribution in [0.3, 0.4) is 0 Å². The predicted octanol–water partition coefficient (Wildman–Crippen LogP) is 3.63. The second-order valence-corrected chi connectivity index (χ2v) is 7.27. The molecule has 7 nitrogen and oxygen atoms in total. The minimum atomic E-state index is -0.123. The molecule has 5 rings (SSSR count). The summed E-state index contributed by atoms with van der Waals surface area (Å²) in [6.45, 7) is 1.26. The van der Waals surface area contributed by atoms with Gasteiger partial charge in [-0.15, -0.1) is 0 Å². The van der Waals surface area contributed by atoms with E-state index in [2.05, 4.69) is 10.1 Å². The Balaban J connectivity index is 1.31. The van der Waals surface area contributed by atoms with Gasteiger partial charge in [-0.25, -0.2) is 0 Å². The molecule has 8 heteroatoms. The van der Waals surface area contributed by atoms with Crippen molar-refractivity contribution in [2.24, 2.45) is 0 Å². The largest absolute Gasteiger partial charge is 0.454 e. The number of carbonyl (C=O) groups is 1. The van der Waals surface area contributed by atoms with Crippen LogP contribution in [0.25, 0.3) is 11.4 Å². The lowest BCUT2D eigenvalue weighted by Gasteiger charge is -2.16. The number of nitrogens with zero attached hydrogens (tertiary/aromatic N) is 3. The fourth-order valence-electron chi connectivity index (χ4n) is 3.50. The molecule has 0 aliphatic carbocycles. The maximum Gasteiger partial charge on any atom is 0.232 e. The molecule has 1 saturated heterocycles. The topological polar surface area (TPSA) is 77.7 Å². The van der Waals surface area contributed by atoms with Crippen molar-refractivity contribution >= 4 is 17.5 Å². The number of hydrogen-bond donors (Lipinski definition) is 0. The Kier molecular flexibility index (Phi) is 4.16. The first-order valence-electron chi connectivity index (χ1n) is 8.91. The zero-order valence-electron chi connectivity index (χ0n) is 14.8. The van der Waals surface area contributed by atoms with Gasteiger partial charge in [0.15, 0.2) is 11.5 Å². The highest BCUT2D eigenvalue weighted by molar-refractivity contribution is 6.30. The van der Waals surface area contributed by atoms with Crippen LogP contribution in [-0.2, 0) is 11.3 Å². The van der Waals surface area contributed by atoms with Gasteiger partial charge in [0.1, 0.15) is 0 Å². The number of rotatable bonds is 4. The van der Waals surface area contributed by atoms with Gasteiger partial charge in [0.05, 0.1) is 5.92 Å². The summed E-state index contributed by atoms with van der Waals surface area (Å²) in [6, 6.07) is 13.0. The fourth-order valence-corrected chi connectivity index (χ4v) is 3.71. The van der Waals surface area contributed by atoms with Gasteiger partial charge in [-0.2, -0.15) is 4.98 Å². The predicted molar refractivity (Wildman–Crippen MR) is 100 cm³/mol. The Morgan fingerprint density at radius 1 is 1.14 bits per heavy atom. The number of fused-ring (bicyclic) bond motifs is 1. The molecule has 1 atom stereocenters. The van der Waals surface area contributed by atoms with E-state index in [4.69, 9.17) is 25.6 Å². The number of carbonyl (C=O) groups excluding carboxylic acids is 1. The summed E-state index contributed by atoms with van der Waals surface area (Å²) in [6.07, 6.45) is 0.351. The first-order chi connectivity index (χ1) is 13.7. The van der Waals surface area contributed by atoms with Crippen molar-refractivity contribution < 1.29 is 18.8 Å². The summed E-state index contributed by atoms with van der Waals surface area (Å²) in [4.78, 5) is 18.7. The third-order valence-corrected chi connectivity index (χ3v) is 5.13. The number of halogens is 1. The molecule has 1 fully saturated rings. The summed E-state index contributed by atoms with van der Waals surface area (Å²) in [5.41, 5.74) is 1.77. The summed E-state index contributed by atoms with van der Waals surface area (Å²) in [5.74, 6) is 2.23. The lowest BCUT2D eigenvalue weighted by molar-refractivity contribution is -0.128. The van der Waals surface area contributed by atoms with Gasteiger partial charge in [0.25, 0.3) is 0 Å². The average molecular weight is 398 g/mol. The molecule has 0 radical (unpaired) electrons. The molecule has 1 aromatic heterocycles. The number of likely N-dealkylation sites (tertiary alicyclic amines) is 1. The normalized spacial score (nSPS) is 18.1. The smallest absolute Gasteiger partial charge is 0.232 e. The average Bonchev–Trinajstić information content (AvgIpc) is 3.41. The maximum absolute atomic E-state index is 12.4. The van der Waals surface area contributed by atoms with Crippen LogP contribution in [0.4, 0.5) is 0 Å². The van der Waals surface area contributed by atoms with Crippen molar-refractivity contribution in [1.29, 1.82) is 0 Å². The number of ether oxygens (including phenoxy) is 2. The van der Waals surface area contributed by atoms with Crippen molar-refractivity contribution in [2.75, 3.05) is 13.3 Å². The van der Waals surface area contributed by atoms with E-state index in [0.717, 1.165) is 11.1 Å². The van der Waals surface area contributed by atoms with Crippen LogP contribution in [0.1, 0.15) is 23.8 Å². The highest BCUT2D eigenvalue weighted by atomic mass is 35.5. The molecule has 28 heavy (non-hydrogen) atoms. The van der Waals surface area contributed by atoms with E-state index in [0.29, 0.717) is 47.7 Å². The first-order valence-corrected chi connectivity index (χ1v) is 9.29. The number of amides is 1. The Morgan fingerprint density at radius 2 is 2.04 bits per heavy atom. The van der Waals surface area contributed by atoms with Crippen LogP contribution in [-0.4, -0.2) is 34.3 Å². The van der Waals surface area contributed by atoms with E-state index in [-0.39, 0.29) is 18.6 Å². The maximum atomic E-state index is 12.4. The van der Waals surface area contributed by atoms with E-state index in [1.165, 1.54) is 0 Å². The van der Waals surface area contributed by atoms with Crippen LogP contribution in [0.2, 0.25) is 5.02 Å². The van der Waals surface area contributed by atoms with Crippen LogP contribution >= 0.6 is 11.6 Å². The highest BCUT2D eigenvalue weighted by Gasteiger charge is 2.34. The summed E-state index contributed by atoms with van der Waals surface area (Å²) in [7, 11) is 0. The van der Waals surface area contributed by atoms with E-state index in [1.54, 1.807) is 4.90 Å². The van der Waals surface area contributed by atoms with Crippen molar-refractivity contribution in [3.63, 3.8) is 0 Å². The summed E-state index contributed by atoms with van der Waals surface area (Å²) < 4.78 is 16.2. The monoisotopic (exact) mass is 397 g/mol. The van der Waals surface area contributed by atoms with Crippen LogP contribution in [0.15, 0.2) is 47.0 Å². The van der Waals surface area contributed by atoms with Crippen LogP contribution < -0.4 is 9.47 Å². The summed E-state index contributed by atoms with van der Waals surface area (Å²) in [5, 5.41) is 4.73. The van der Waals surface area contributed by atoms with Gasteiger partial charge in [-0.05, 0) is 35.9 Å². The highest BCUT2D eigenvalue weighted by Crippen LogP contribution is 2.36. The number of aromatic nitrogens is 2. The molecular weight excluding hydrogens is 382 g/mol. The molecule has 142 valence electrons. The third kappa shape index (κ3) is 3.18. The summed E-state index contributed by atoms with van der Waals surface area (Å²) >= 11 is 6.03. The molecule has 0 N–H and O–H groups in total. The lowest BCUT2D eigenvalue weighted by Crippen LogP contribution is -2.24. The van der Waals surface area contributed by atoms with E-state index in [1.807, 2.05) is 42.5 Å². The number of benzene rings is 2. The molecule has 1 unspecified atom stereocenters. The fraction of sp³-hybridized carbons (Fsp3) is 0.250. The third-order valence-electron chi connectivity index (χ3n) is 4.90. The molecular formula is C20H16ClN3O4. The van der Waals surface area contributed by atoms with Gasteiger partial charge >= 0.3 is 0 Å². The van der Waals surface area contributed by atoms with E-state index in [9.17, 15) is 4.79 Å². The Hall–Kier alpha value is -3.06. The Bertz CT molecular complexity index is 1050. The second-order valence-electron chi connectivity index (χ2n) is 6.83. The first kappa shape index (κ1) is 17.1. The van der Waals surface area contributed by atoms with E-state index < -0.39 is 0 Å². The van der Waals surface area contributed by atoms with Gasteiger partial charge in [-0.3, -0.25) is 4.79 Å². The SMILES string of the molecule is O=C1CC(c2nc(-c3ccc4c(c3)OCO4)no2)CN1Cc1cccc(Cl)c1. The molecule has 2 aliphatic rings. The van der Waals surface area contributed by atoms with Gasteiger partial charge in [-0.1, -0.05) is 28.9 Å². The van der Waals surface area contributed by atoms with Gasteiger partial charge < -0.3 is 18.9 Å². The quantitative estimate of drug-likeness (QED) is 0.669.